The molecule has 0 unspecified atom stereocenters. The van der Waals surface area contributed by atoms with Crippen LogP contribution in [0.25, 0.3) is 0 Å². The predicted octanol–water partition coefficient (Wildman–Crippen LogP) is 1.35. The Bertz CT molecular complexity index is 257. The minimum atomic E-state index is 0.211. The van der Waals surface area contributed by atoms with Crippen molar-refractivity contribution in [3.63, 3.8) is 0 Å². The molecule has 74 valence electrons. The van der Waals surface area contributed by atoms with E-state index in [2.05, 4.69) is 37.4 Å². The highest BCUT2D eigenvalue weighted by Crippen LogP contribution is 2.00. The van der Waals surface area contributed by atoms with E-state index in [0.29, 0.717) is 0 Å². The van der Waals surface area contributed by atoms with E-state index in [4.69, 9.17) is 0 Å². The molecule has 1 rings (SSSR count). The average molecular weight is 181 g/mol. The quantitative estimate of drug-likeness (QED) is 0.763. The van der Waals surface area contributed by atoms with Crippen LogP contribution in [0.1, 0.15) is 26.3 Å². The van der Waals surface area contributed by atoms with Gasteiger partial charge in [0.15, 0.2) is 0 Å². The molecule has 1 aromatic rings. The van der Waals surface area contributed by atoms with Crippen LogP contribution in [0.5, 0.6) is 0 Å². The smallest absolute Gasteiger partial charge is 0.0522 e. The van der Waals surface area contributed by atoms with Crippen molar-refractivity contribution in [2.75, 3.05) is 6.54 Å². The summed E-state index contributed by atoms with van der Waals surface area (Å²) < 4.78 is 1.84. The molecule has 0 spiro atoms. The summed E-state index contributed by atoms with van der Waals surface area (Å²) in [6, 6.07) is 0. The number of hydrogen-bond acceptors (Lipinski definition) is 2. The van der Waals surface area contributed by atoms with Crippen LogP contribution in [0.2, 0.25) is 0 Å². The second-order valence-corrected chi connectivity index (χ2v) is 4.45. The molecule has 0 aliphatic carbocycles. The molecule has 1 aromatic heterocycles. The normalized spacial score (nSPS) is 12.0. The van der Waals surface area contributed by atoms with Crippen molar-refractivity contribution in [3.8, 4) is 0 Å². The number of nitrogens with one attached hydrogen (secondary N) is 1. The van der Waals surface area contributed by atoms with E-state index in [1.54, 1.807) is 0 Å². The van der Waals surface area contributed by atoms with Gasteiger partial charge in [0.05, 0.1) is 6.20 Å². The first-order valence-corrected chi connectivity index (χ1v) is 4.70. The van der Waals surface area contributed by atoms with Crippen molar-refractivity contribution in [3.05, 3.63) is 18.0 Å². The summed E-state index contributed by atoms with van der Waals surface area (Å²) in [7, 11) is 1.95. The summed E-state index contributed by atoms with van der Waals surface area (Å²) >= 11 is 0. The third-order valence-electron chi connectivity index (χ3n) is 1.83. The Kier molecular flexibility index (Phi) is 3.09. The van der Waals surface area contributed by atoms with Gasteiger partial charge < -0.3 is 5.32 Å². The number of nitrogens with zero attached hydrogens (tertiary/aromatic N) is 2. The van der Waals surface area contributed by atoms with Crippen LogP contribution in [0.3, 0.4) is 0 Å². The van der Waals surface area contributed by atoms with Gasteiger partial charge in [0.1, 0.15) is 0 Å². The molecule has 0 saturated carbocycles. The van der Waals surface area contributed by atoms with Crippen LogP contribution >= 0.6 is 0 Å². The zero-order valence-electron chi connectivity index (χ0n) is 8.96. The fraction of sp³-hybridized carbons (Fsp3) is 0.700. The van der Waals surface area contributed by atoms with Gasteiger partial charge in [-0.25, -0.2) is 0 Å². The number of aryl methyl sites for hydroxylation is 1. The highest BCUT2D eigenvalue weighted by atomic mass is 15.2. The number of hydrogen-bond donors (Lipinski definition) is 1. The standard InChI is InChI=1S/C10H19N3/c1-10(2,3)11-6-5-9-7-12-13(4)8-9/h7-8,11H,5-6H2,1-4H3. The predicted molar refractivity (Wildman–Crippen MR) is 54.7 cm³/mol. The Balaban J connectivity index is 2.28. The molecular weight excluding hydrogens is 162 g/mol. The van der Waals surface area contributed by atoms with Gasteiger partial charge in [0, 0.05) is 18.8 Å². The van der Waals surface area contributed by atoms with Crippen molar-refractivity contribution in [1.82, 2.24) is 15.1 Å². The molecule has 0 aromatic carbocycles. The van der Waals surface area contributed by atoms with Crippen LogP contribution in [0.4, 0.5) is 0 Å². The van der Waals surface area contributed by atoms with Gasteiger partial charge in [-0.15, -0.1) is 0 Å². The van der Waals surface area contributed by atoms with Crippen molar-refractivity contribution < 1.29 is 0 Å². The lowest BCUT2D eigenvalue weighted by atomic mass is 10.1. The first-order valence-electron chi connectivity index (χ1n) is 4.70. The molecule has 0 radical (unpaired) electrons. The first kappa shape index (κ1) is 10.3. The topological polar surface area (TPSA) is 29.9 Å². The Morgan fingerprint density at radius 3 is 2.62 bits per heavy atom. The molecule has 0 bridgehead atoms. The highest BCUT2D eigenvalue weighted by Gasteiger charge is 2.07. The molecule has 0 saturated heterocycles. The lowest BCUT2D eigenvalue weighted by Gasteiger charge is -2.19. The van der Waals surface area contributed by atoms with E-state index >= 15 is 0 Å². The van der Waals surface area contributed by atoms with Crippen molar-refractivity contribution in [2.24, 2.45) is 7.05 Å². The minimum absolute atomic E-state index is 0.211. The SMILES string of the molecule is Cn1cc(CCNC(C)(C)C)cn1. The van der Waals surface area contributed by atoms with Crippen molar-refractivity contribution in [1.29, 1.82) is 0 Å². The Morgan fingerprint density at radius 1 is 1.46 bits per heavy atom. The summed E-state index contributed by atoms with van der Waals surface area (Å²) in [6.07, 6.45) is 5.03. The molecule has 3 heteroatoms. The molecular formula is C10H19N3. The van der Waals surface area contributed by atoms with Gasteiger partial charge in [-0.05, 0) is 39.3 Å². The molecule has 0 fully saturated rings. The summed E-state index contributed by atoms with van der Waals surface area (Å²) in [5.41, 5.74) is 1.50. The van der Waals surface area contributed by atoms with Crippen molar-refractivity contribution in [2.45, 2.75) is 32.7 Å². The van der Waals surface area contributed by atoms with Crippen molar-refractivity contribution >= 4 is 0 Å². The third kappa shape index (κ3) is 4.08. The highest BCUT2D eigenvalue weighted by molar-refractivity contribution is 5.04. The summed E-state index contributed by atoms with van der Waals surface area (Å²) in [5.74, 6) is 0. The Morgan fingerprint density at radius 2 is 2.15 bits per heavy atom. The van der Waals surface area contributed by atoms with Crippen LogP contribution < -0.4 is 5.32 Å². The third-order valence-corrected chi connectivity index (χ3v) is 1.83. The van der Waals surface area contributed by atoms with E-state index in [1.807, 2.05) is 17.9 Å². The van der Waals surface area contributed by atoms with Gasteiger partial charge in [0.2, 0.25) is 0 Å². The lowest BCUT2D eigenvalue weighted by molar-refractivity contribution is 0.429. The van der Waals surface area contributed by atoms with Gasteiger partial charge in [0.25, 0.3) is 0 Å². The maximum absolute atomic E-state index is 4.12. The number of rotatable bonds is 3. The Labute approximate surface area is 80.1 Å². The average Bonchev–Trinajstić information content (AvgIpc) is 2.33. The molecule has 3 nitrogen and oxygen atoms in total. The van der Waals surface area contributed by atoms with Crippen LogP contribution in [-0.2, 0) is 13.5 Å². The maximum atomic E-state index is 4.12. The molecule has 1 heterocycles. The Hall–Kier alpha value is -0.830. The molecule has 0 amide bonds. The molecule has 0 aliphatic rings. The van der Waals surface area contributed by atoms with Crippen LogP contribution in [-0.4, -0.2) is 21.9 Å². The van der Waals surface area contributed by atoms with Gasteiger partial charge >= 0.3 is 0 Å². The second-order valence-electron chi connectivity index (χ2n) is 4.45. The van der Waals surface area contributed by atoms with Gasteiger partial charge in [-0.2, -0.15) is 5.10 Å². The number of aromatic nitrogens is 2. The molecule has 1 N–H and O–H groups in total. The summed E-state index contributed by atoms with van der Waals surface area (Å²) in [4.78, 5) is 0. The van der Waals surface area contributed by atoms with Crippen LogP contribution in [0, 0.1) is 0 Å². The van der Waals surface area contributed by atoms with E-state index in [1.165, 1.54) is 5.56 Å². The van der Waals surface area contributed by atoms with Gasteiger partial charge in [-0.3, -0.25) is 4.68 Å². The van der Waals surface area contributed by atoms with E-state index in [9.17, 15) is 0 Å². The minimum Gasteiger partial charge on any atom is -0.312 e. The molecule has 13 heavy (non-hydrogen) atoms. The first-order chi connectivity index (χ1) is 5.97. The van der Waals surface area contributed by atoms with E-state index < -0.39 is 0 Å². The fourth-order valence-corrected chi connectivity index (χ4v) is 1.18. The van der Waals surface area contributed by atoms with Gasteiger partial charge in [-0.1, -0.05) is 0 Å². The summed E-state index contributed by atoms with van der Waals surface area (Å²) in [5, 5.41) is 7.56. The zero-order valence-corrected chi connectivity index (χ0v) is 8.96. The zero-order chi connectivity index (χ0) is 9.90. The van der Waals surface area contributed by atoms with E-state index in [-0.39, 0.29) is 5.54 Å². The fourth-order valence-electron chi connectivity index (χ4n) is 1.18. The maximum Gasteiger partial charge on any atom is 0.0522 e. The molecule has 0 aliphatic heterocycles. The monoisotopic (exact) mass is 181 g/mol. The largest absolute Gasteiger partial charge is 0.312 e. The summed E-state index contributed by atoms with van der Waals surface area (Å²) in [6.45, 7) is 7.54. The molecule has 0 atom stereocenters. The van der Waals surface area contributed by atoms with E-state index in [0.717, 1.165) is 13.0 Å². The van der Waals surface area contributed by atoms with Crippen LogP contribution in [0.15, 0.2) is 12.4 Å². The lowest BCUT2D eigenvalue weighted by Crippen LogP contribution is -2.37. The second kappa shape index (κ2) is 3.92.